The first-order chi connectivity index (χ1) is 11.3. The van der Waals surface area contributed by atoms with Crippen LogP contribution in [0.15, 0.2) is 24.3 Å². The molecule has 0 bridgehead atoms. The normalized spacial score (nSPS) is 20.7. The quantitative estimate of drug-likeness (QED) is 0.761. The largest absolute Gasteiger partial charge is 0.416 e. The molecule has 0 spiro atoms. The zero-order chi connectivity index (χ0) is 17.7. The smallest absolute Gasteiger partial charge is 0.396 e. The summed E-state index contributed by atoms with van der Waals surface area (Å²) in [6.45, 7) is -0.342. The number of halogens is 3. The molecule has 3 N–H and O–H groups in total. The molecule has 0 radical (unpaired) electrons. The molecule has 1 aliphatic carbocycles. The van der Waals surface area contributed by atoms with Crippen molar-refractivity contribution >= 4 is 11.8 Å². The van der Waals surface area contributed by atoms with Crippen molar-refractivity contribution in [3.63, 3.8) is 0 Å². The summed E-state index contributed by atoms with van der Waals surface area (Å²) >= 11 is 0. The Kier molecular flexibility index (Phi) is 5.82. The summed E-state index contributed by atoms with van der Waals surface area (Å²) in [5.41, 5.74) is -1.08. The highest BCUT2D eigenvalue weighted by Crippen LogP contribution is 2.29. The molecule has 2 rings (SSSR count). The van der Waals surface area contributed by atoms with Crippen molar-refractivity contribution in [3.05, 3.63) is 35.4 Å². The molecule has 1 aromatic rings. The lowest BCUT2D eigenvalue weighted by atomic mass is 10.1. The van der Waals surface area contributed by atoms with Gasteiger partial charge in [0.1, 0.15) is 0 Å². The van der Waals surface area contributed by atoms with Gasteiger partial charge in [-0.15, -0.1) is 0 Å². The predicted octanol–water partition coefficient (Wildman–Crippen LogP) is 1.71. The minimum Gasteiger partial charge on any atom is -0.396 e. The number of alkyl halides is 3. The molecule has 2 atom stereocenters. The van der Waals surface area contributed by atoms with Gasteiger partial charge in [-0.2, -0.15) is 13.2 Å². The van der Waals surface area contributed by atoms with E-state index in [9.17, 15) is 27.9 Å². The van der Waals surface area contributed by atoms with E-state index in [1.165, 1.54) is 6.07 Å². The van der Waals surface area contributed by atoms with Gasteiger partial charge < -0.3 is 15.7 Å². The van der Waals surface area contributed by atoms with E-state index in [0.29, 0.717) is 0 Å². The summed E-state index contributed by atoms with van der Waals surface area (Å²) in [5.74, 6) is -1.17. The molecular weight excluding hydrogens is 325 g/mol. The van der Waals surface area contributed by atoms with Gasteiger partial charge >= 0.3 is 6.18 Å². The van der Waals surface area contributed by atoms with Gasteiger partial charge in [0.25, 0.3) is 5.91 Å². The number of aliphatic hydroxyl groups is 1. The van der Waals surface area contributed by atoms with E-state index >= 15 is 0 Å². The van der Waals surface area contributed by atoms with Crippen molar-refractivity contribution in [1.82, 2.24) is 10.6 Å². The van der Waals surface area contributed by atoms with Gasteiger partial charge in [-0.3, -0.25) is 9.59 Å². The first-order valence-corrected chi connectivity index (χ1v) is 7.67. The minimum absolute atomic E-state index is 0.00752. The Labute approximate surface area is 137 Å². The maximum Gasteiger partial charge on any atom is 0.416 e. The summed E-state index contributed by atoms with van der Waals surface area (Å²) in [6, 6.07) is 3.88. The van der Waals surface area contributed by atoms with Crippen LogP contribution in [0.3, 0.4) is 0 Å². The highest BCUT2D eigenvalue weighted by molar-refractivity contribution is 5.96. The zero-order valence-electron chi connectivity index (χ0n) is 12.9. The van der Waals surface area contributed by atoms with Crippen LogP contribution in [-0.4, -0.2) is 36.1 Å². The van der Waals surface area contributed by atoms with Gasteiger partial charge in [-0.1, -0.05) is 12.5 Å². The first-order valence-electron chi connectivity index (χ1n) is 7.67. The molecule has 132 valence electrons. The van der Waals surface area contributed by atoms with Gasteiger partial charge in [-0.25, -0.2) is 0 Å². The summed E-state index contributed by atoms with van der Waals surface area (Å²) in [4.78, 5) is 23.7. The molecule has 0 aromatic heterocycles. The lowest BCUT2D eigenvalue weighted by Gasteiger charge is -2.19. The van der Waals surface area contributed by atoms with Gasteiger partial charge in [0.15, 0.2) is 0 Å². The number of carbonyl (C=O) groups is 2. The first kappa shape index (κ1) is 18.3. The topological polar surface area (TPSA) is 78.4 Å². The summed E-state index contributed by atoms with van der Waals surface area (Å²) < 4.78 is 37.9. The average molecular weight is 344 g/mol. The van der Waals surface area contributed by atoms with Crippen molar-refractivity contribution in [3.8, 4) is 0 Å². The van der Waals surface area contributed by atoms with E-state index in [1.807, 2.05) is 0 Å². The van der Waals surface area contributed by atoms with Crippen LogP contribution in [0.2, 0.25) is 0 Å². The minimum atomic E-state index is -4.53. The molecule has 1 fully saturated rings. The van der Waals surface area contributed by atoms with Crippen LogP contribution in [0, 0.1) is 5.92 Å². The number of nitrogens with one attached hydrogen (secondary N) is 2. The molecule has 24 heavy (non-hydrogen) atoms. The lowest BCUT2D eigenvalue weighted by Crippen LogP contribution is -2.44. The van der Waals surface area contributed by atoms with Crippen LogP contribution >= 0.6 is 0 Å². The number of carbonyl (C=O) groups excluding carboxylic acids is 2. The van der Waals surface area contributed by atoms with Crippen LogP contribution in [0.25, 0.3) is 0 Å². The fourth-order valence-electron chi connectivity index (χ4n) is 2.80. The Morgan fingerprint density at radius 2 is 2.00 bits per heavy atom. The summed E-state index contributed by atoms with van der Waals surface area (Å²) in [6.07, 6.45) is -2.03. The standard InChI is InChI=1S/C16H19F3N2O3/c17-16(18,19)12-5-1-3-10(7-12)15(24)20-8-14(23)21-13-6-2-4-11(13)9-22/h1,3,5,7,11,13,22H,2,4,6,8-9H2,(H,20,24)(H,21,23). The van der Waals surface area contributed by atoms with E-state index in [1.54, 1.807) is 0 Å². The van der Waals surface area contributed by atoms with Crippen LogP contribution in [0.1, 0.15) is 35.2 Å². The molecule has 8 heteroatoms. The highest BCUT2D eigenvalue weighted by Gasteiger charge is 2.31. The Morgan fingerprint density at radius 3 is 2.67 bits per heavy atom. The summed E-state index contributed by atoms with van der Waals surface area (Å²) in [5, 5.41) is 14.2. The second-order valence-electron chi connectivity index (χ2n) is 5.81. The molecule has 0 saturated heterocycles. The zero-order valence-corrected chi connectivity index (χ0v) is 12.9. The van der Waals surface area contributed by atoms with Crippen LogP contribution in [-0.2, 0) is 11.0 Å². The molecule has 0 aliphatic heterocycles. The molecule has 1 aliphatic rings. The second kappa shape index (κ2) is 7.65. The fraction of sp³-hybridized carbons (Fsp3) is 0.500. The number of hydrogen-bond acceptors (Lipinski definition) is 3. The maximum atomic E-state index is 12.6. The van der Waals surface area contributed by atoms with Gasteiger partial charge in [0, 0.05) is 24.1 Å². The maximum absolute atomic E-state index is 12.6. The Bertz CT molecular complexity index is 604. The Balaban J connectivity index is 1.88. The monoisotopic (exact) mass is 344 g/mol. The molecule has 0 heterocycles. The van der Waals surface area contributed by atoms with Crippen LogP contribution < -0.4 is 10.6 Å². The third-order valence-electron chi connectivity index (χ3n) is 4.10. The molecule has 2 amide bonds. The van der Waals surface area contributed by atoms with Crippen molar-refractivity contribution in [2.45, 2.75) is 31.5 Å². The van der Waals surface area contributed by atoms with Gasteiger partial charge in [0.05, 0.1) is 12.1 Å². The third-order valence-corrected chi connectivity index (χ3v) is 4.10. The molecule has 1 aromatic carbocycles. The average Bonchev–Trinajstić information content (AvgIpc) is 2.99. The SMILES string of the molecule is O=C(CNC(=O)c1cccc(C(F)(F)F)c1)NC1CCCC1CO. The van der Waals surface area contributed by atoms with Gasteiger partial charge in [-0.05, 0) is 31.0 Å². The number of rotatable bonds is 5. The number of benzene rings is 1. The second-order valence-corrected chi connectivity index (χ2v) is 5.81. The van der Waals surface area contributed by atoms with Crippen molar-refractivity contribution in [2.75, 3.05) is 13.2 Å². The van der Waals surface area contributed by atoms with E-state index in [4.69, 9.17) is 0 Å². The van der Waals surface area contributed by atoms with E-state index < -0.39 is 23.6 Å². The fourth-order valence-corrected chi connectivity index (χ4v) is 2.80. The summed E-state index contributed by atoms with van der Waals surface area (Å²) in [7, 11) is 0. The number of aliphatic hydroxyl groups excluding tert-OH is 1. The Morgan fingerprint density at radius 1 is 1.25 bits per heavy atom. The van der Waals surface area contributed by atoms with Crippen LogP contribution in [0.4, 0.5) is 13.2 Å². The van der Waals surface area contributed by atoms with Crippen molar-refractivity contribution in [2.24, 2.45) is 5.92 Å². The van der Waals surface area contributed by atoms with Gasteiger partial charge in [0.2, 0.25) is 5.91 Å². The number of amides is 2. The van der Waals surface area contributed by atoms with Crippen molar-refractivity contribution < 1.29 is 27.9 Å². The van der Waals surface area contributed by atoms with E-state index in [2.05, 4.69) is 10.6 Å². The van der Waals surface area contributed by atoms with E-state index in [-0.39, 0.29) is 30.7 Å². The highest BCUT2D eigenvalue weighted by atomic mass is 19.4. The molecule has 5 nitrogen and oxygen atoms in total. The molecule has 1 saturated carbocycles. The van der Waals surface area contributed by atoms with E-state index in [0.717, 1.165) is 37.5 Å². The van der Waals surface area contributed by atoms with Crippen LogP contribution in [0.5, 0.6) is 0 Å². The molecular formula is C16H19F3N2O3. The Hall–Kier alpha value is -2.09. The van der Waals surface area contributed by atoms with Crippen molar-refractivity contribution in [1.29, 1.82) is 0 Å². The molecule has 2 unspecified atom stereocenters. The number of hydrogen-bond donors (Lipinski definition) is 3. The third kappa shape index (κ3) is 4.70. The lowest BCUT2D eigenvalue weighted by molar-refractivity contribution is -0.137. The predicted molar refractivity (Wildman–Crippen MR) is 80.1 cm³/mol.